The van der Waals surface area contributed by atoms with Crippen molar-refractivity contribution in [3.63, 3.8) is 0 Å². The largest absolute Gasteiger partial charge is 0.324 e. The fraction of sp³-hybridized carbons (Fsp3) is 0.0800. The molecule has 0 atom stereocenters. The van der Waals surface area contributed by atoms with Crippen LogP contribution < -0.4 is 16.0 Å². The van der Waals surface area contributed by atoms with Crippen molar-refractivity contribution >= 4 is 67.0 Å². The van der Waals surface area contributed by atoms with E-state index in [9.17, 15) is 35.5 Å². The molecule has 3 aromatic carbocycles. The van der Waals surface area contributed by atoms with Crippen LogP contribution >= 0.6 is 0 Å². The van der Waals surface area contributed by atoms with Gasteiger partial charge >= 0.3 is 0 Å². The Morgan fingerprint density at radius 2 is 1.24 bits per heavy atom. The van der Waals surface area contributed by atoms with Gasteiger partial charge in [-0.15, -0.1) is 0 Å². The third kappa shape index (κ3) is 5.88. The van der Waals surface area contributed by atoms with Gasteiger partial charge < -0.3 is 16.0 Å². The highest BCUT2D eigenvalue weighted by atomic mass is 32.2. The summed E-state index contributed by atoms with van der Waals surface area (Å²) in [5.74, 6) is -1.16. The molecule has 0 fully saturated rings. The van der Waals surface area contributed by atoms with Crippen LogP contribution in [0.2, 0.25) is 0 Å². The monoisotopic (exact) mass is 611 g/mol. The molecule has 1 aliphatic rings. The summed E-state index contributed by atoms with van der Waals surface area (Å²) in [4.78, 5) is 38.2. The fourth-order valence-electron chi connectivity index (χ4n) is 4.08. The predicted molar refractivity (Wildman–Crippen MR) is 150 cm³/mol. The zero-order chi connectivity index (χ0) is 30.2. The van der Waals surface area contributed by atoms with Crippen molar-refractivity contribution in [3.05, 3.63) is 77.9 Å². The molecule has 17 heteroatoms. The summed E-state index contributed by atoms with van der Waals surface area (Å²) in [7, 11) is -9.02. The van der Waals surface area contributed by atoms with Gasteiger partial charge in [0.1, 0.15) is 4.90 Å². The van der Waals surface area contributed by atoms with E-state index in [2.05, 4.69) is 30.9 Å². The first-order chi connectivity index (χ1) is 19.8. The summed E-state index contributed by atoms with van der Waals surface area (Å²) in [6.07, 6.45) is 0. The molecule has 4 aromatic rings. The molecule has 0 saturated carbocycles. The Morgan fingerprint density at radius 1 is 0.690 bits per heavy atom. The number of para-hydroxylation sites is 1. The molecule has 42 heavy (non-hydrogen) atoms. The van der Waals surface area contributed by atoms with E-state index >= 15 is 0 Å². The second kappa shape index (κ2) is 10.8. The van der Waals surface area contributed by atoms with Crippen molar-refractivity contribution in [2.24, 2.45) is 0 Å². The first-order valence-electron chi connectivity index (χ1n) is 12.0. The Balaban J connectivity index is 1.51. The van der Waals surface area contributed by atoms with Crippen LogP contribution in [0.4, 0.5) is 34.9 Å². The number of carbonyl (C=O) groups is 2. The zero-order valence-corrected chi connectivity index (χ0v) is 23.1. The maximum absolute atomic E-state index is 12.6. The molecule has 0 spiro atoms. The van der Waals surface area contributed by atoms with E-state index in [1.807, 2.05) is 0 Å². The van der Waals surface area contributed by atoms with Crippen molar-refractivity contribution in [2.75, 3.05) is 22.5 Å². The molecule has 5 N–H and O–H groups in total. The second-order valence-electron chi connectivity index (χ2n) is 8.77. The number of hydrogen-bond acceptors (Lipinski definition) is 12. The molecule has 0 aliphatic carbocycles. The van der Waals surface area contributed by atoms with Crippen molar-refractivity contribution in [1.29, 1.82) is 0 Å². The van der Waals surface area contributed by atoms with Crippen LogP contribution in [0.5, 0.6) is 0 Å². The molecule has 1 aromatic heterocycles. The van der Waals surface area contributed by atoms with Crippen LogP contribution in [-0.4, -0.2) is 64.2 Å². The van der Waals surface area contributed by atoms with Gasteiger partial charge in [-0.05, 0) is 61.5 Å². The summed E-state index contributed by atoms with van der Waals surface area (Å²) < 4.78 is 65.3. The topological polar surface area (TPSA) is 221 Å². The van der Waals surface area contributed by atoms with E-state index in [1.165, 1.54) is 48.5 Å². The highest BCUT2D eigenvalue weighted by molar-refractivity contribution is 7.86. The molecule has 5 rings (SSSR count). The van der Waals surface area contributed by atoms with Gasteiger partial charge in [0.25, 0.3) is 32.1 Å². The number of benzene rings is 3. The Labute approximate surface area is 239 Å². The van der Waals surface area contributed by atoms with E-state index in [0.717, 1.165) is 17.0 Å². The maximum atomic E-state index is 12.6. The van der Waals surface area contributed by atoms with Crippen LogP contribution in [0.3, 0.4) is 0 Å². The summed E-state index contributed by atoms with van der Waals surface area (Å²) in [6, 6.07) is 15.0. The van der Waals surface area contributed by atoms with Crippen molar-refractivity contribution in [3.8, 4) is 0 Å². The third-order valence-corrected chi connectivity index (χ3v) is 7.78. The SMILES string of the molecule is CCN1C(=O)c2ccc(Nc3nc(Nc4ccc(S(=O)(=O)O)cc4)nc(Nc4ccccc4S(=O)(=O)O)n3)cc2C1=O. The number of imide groups is 1. The molecule has 2 amide bonds. The van der Waals surface area contributed by atoms with E-state index < -0.39 is 36.9 Å². The number of fused-ring (bicyclic) bond motifs is 1. The Hall–Kier alpha value is -4.97. The van der Waals surface area contributed by atoms with Gasteiger partial charge in [0.05, 0.1) is 21.7 Å². The van der Waals surface area contributed by atoms with E-state index in [-0.39, 0.29) is 46.1 Å². The summed E-state index contributed by atoms with van der Waals surface area (Å²) in [5, 5.41) is 8.51. The minimum absolute atomic E-state index is 0.0399. The van der Waals surface area contributed by atoms with Gasteiger partial charge in [0.2, 0.25) is 17.8 Å². The smallest absolute Gasteiger partial charge is 0.296 e. The molecule has 0 bridgehead atoms. The third-order valence-electron chi connectivity index (χ3n) is 6.00. The number of nitrogens with one attached hydrogen (secondary N) is 3. The molecule has 0 unspecified atom stereocenters. The molecule has 15 nitrogen and oxygen atoms in total. The maximum Gasteiger partial charge on any atom is 0.296 e. The van der Waals surface area contributed by atoms with Gasteiger partial charge in [-0.25, -0.2) is 0 Å². The summed E-state index contributed by atoms with van der Waals surface area (Å²) in [5.41, 5.74) is 1.08. The number of nitrogens with zero attached hydrogens (tertiary/aromatic N) is 4. The van der Waals surface area contributed by atoms with Crippen molar-refractivity contribution < 1.29 is 35.5 Å². The molecule has 0 radical (unpaired) electrons. The number of hydrogen-bond donors (Lipinski definition) is 5. The van der Waals surface area contributed by atoms with Gasteiger partial charge in [-0.1, -0.05) is 12.1 Å². The molecular formula is C25H21N7O8S2. The Bertz CT molecular complexity index is 1950. The first-order valence-corrected chi connectivity index (χ1v) is 14.9. The minimum Gasteiger partial charge on any atom is -0.324 e. The standard InChI is InChI=1S/C25H21N7O8S2/c1-2-32-21(33)17-12-9-15(13-18(17)22(32)34)27-24-29-23(26-14-7-10-16(11-8-14)41(35,36)37)30-25(31-24)28-19-5-3-4-6-20(19)42(38,39)40/h3-13H,2H2,1H3,(H,35,36,37)(H,38,39,40)(H3,26,27,28,29,30,31). The van der Waals surface area contributed by atoms with Crippen LogP contribution in [0, 0.1) is 0 Å². The van der Waals surface area contributed by atoms with E-state index in [1.54, 1.807) is 13.0 Å². The highest BCUT2D eigenvalue weighted by Crippen LogP contribution is 2.28. The lowest BCUT2D eigenvalue weighted by Gasteiger charge is -2.13. The van der Waals surface area contributed by atoms with E-state index in [0.29, 0.717) is 11.4 Å². The first kappa shape index (κ1) is 28.6. The average molecular weight is 612 g/mol. The van der Waals surface area contributed by atoms with Gasteiger partial charge in [0.15, 0.2) is 0 Å². The Kier molecular flexibility index (Phi) is 7.33. The van der Waals surface area contributed by atoms with Crippen LogP contribution in [-0.2, 0) is 20.2 Å². The number of amides is 2. The van der Waals surface area contributed by atoms with Crippen LogP contribution in [0.15, 0.2) is 76.5 Å². The lowest BCUT2D eigenvalue weighted by molar-refractivity contribution is 0.0662. The lowest BCUT2D eigenvalue weighted by atomic mass is 10.1. The molecule has 216 valence electrons. The van der Waals surface area contributed by atoms with E-state index in [4.69, 9.17) is 0 Å². The zero-order valence-electron chi connectivity index (χ0n) is 21.5. The van der Waals surface area contributed by atoms with Crippen molar-refractivity contribution in [2.45, 2.75) is 16.7 Å². The predicted octanol–water partition coefficient (Wildman–Crippen LogP) is 3.21. The molecule has 0 saturated heterocycles. The molecular weight excluding hydrogens is 590 g/mol. The lowest BCUT2D eigenvalue weighted by Crippen LogP contribution is -2.29. The highest BCUT2D eigenvalue weighted by Gasteiger charge is 2.34. The van der Waals surface area contributed by atoms with Crippen LogP contribution in [0.1, 0.15) is 27.6 Å². The number of anilines is 6. The number of aromatic nitrogens is 3. The number of carbonyl (C=O) groups excluding carboxylic acids is 2. The molecule has 2 heterocycles. The summed E-state index contributed by atoms with van der Waals surface area (Å²) >= 11 is 0. The minimum atomic E-state index is -4.61. The van der Waals surface area contributed by atoms with Crippen molar-refractivity contribution in [1.82, 2.24) is 19.9 Å². The quantitative estimate of drug-likeness (QED) is 0.135. The second-order valence-corrected chi connectivity index (χ2v) is 11.6. The van der Waals surface area contributed by atoms with Crippen LogP contribution in [0.25, 0.3) is 0 Å². The summed E-state index contributed by atoms with van der Waals surface area (Å²) in [6.45, 7) is 1.90. The Morgan fingerprint density at radius 3 is 1.83 bits per heavy atom. The van der Waals surface area contributed by atoms with Gasteiger partial charge in [-0.2, -0.15) is 31.8 Å². The van der Waals surface area contributed by atoms with Gasteiger partial charge in [0, 0.05) is 17.9 Å². The van der Waals surface area contributed by atoms with Gasteiger partial charge in [-0.3, -0.25) is 23.6 Å². The fourth-order valence-corrected chi connectivity index (χ4v) is 5.21. The normalized spacial score (nSPS) is 13.2. The molecule has 1 aliphatic heterocycles. The average Bonchev–Trinajstić information content (AvgIpc) is 3.16. The number of rotatable bonds is 9.